The summed E-state index contributed by atoms with van der Waals surface area (Å²) in [7, 11) is 0. The molecule has 2 aliphatic heterocycles. The molecule has 4 bridgehead atoms. The van der Waals surface area contributed by atoms with Gasteiger partial charge in [-0.3, -0.25) is 0 Å². The number of halogens is 5. The van der Waals surface area contributed by atoms with Gasteiger partial charge < -0.3 is 18.9 Å². The van der Waals surface area contributed by atoms with Crippen molar-refractivity contribution in [2.75, 3.05) is 19.8 Å². The van der Waals surface area contributed by atoms with Gasteiger partial charge >= 0.3 is 17.9 Å². The fraction of sp³-hybridized carbons (Fsp3) is 0.900. The first-order valence-electron chi connectivity index (χ1n) is 10.4. The van der Waals surface area contributed by atoms with Gasteiger partial charge in [-0.1, -0.05) is 12.2 Å². The van der Waals surface area contributed by atoms with Gasteiger partial charge in [0, 0.05) is 6.42 Å². The Bertz CT molecular complexity index is 735. The van der Waals surface area contributed by atoms with E-state index in [9.17, 15) is 13.2 Å². The lowest BCUT2D eigenvalue weighted by molar-refractivity contribution is -0.461. The monoisotopic (exact) mass is 422 g/mol. The third kappa shape index (κ3) is 2.33. The largest absolute Gasteiger partial charge is 0.450 e. The lowest BCUT2D eigenvalue weighted by Gasteiger charge is -2.44. The molecule has 9 heteroatoms. The maximum Gasteiger partial charge on any atom is 0.450 e. The highest BCUT2D eigenvalue weighted by Gasteiger charge is 2.84. The van der Waals surface area contributed by atoms with E-state index in [1.807, 2.05) is 0 Å². The van der Waals surface area contributed by atoms with Gasteiger partial charge in [0.25, 0.3) is 0 Å². The molecule has 2 heterocycles. The van der Waals surface area contributed by atoms with Gasteiger partial charge in [0.05, 0.1) is 25.4 Å². The number of hydrogen-bond acceptors (Lipinski definition) is 4. The molecule has 9 atom stereocenters. The zero-order valence-electron chi connectivity index (χ0n) is 15.7. The highest BCUT2D eigenvalue weighted by atomic mass is 19.4. The van der Waals surface area contributed by atoms with E-state index in [0.717, 1.165) is 6.42 Å². The van der Waals surface area contributed by atoms with Gasteiger partial charge in [-0.15, -0.1) is 0 Å². The van der Waals surface area contributed by atoms with Crippen molar-refractivity contribution in [2.24, 2.45) is 35.5 Å². The van der Waals surface area contributed by atoms with Gasteiger partial charge in [-0.2, -0.15) is 13.2 Å². The maximum atomic E-state index is 15.2. The van der Waals surface area contributed by atoms with Gasteiger partial charge in [0.1, 0.15) is 0 Å². The molecule has 4 aliphatic carbocycles. The zero-order valence-corrected chi connectivity index (χ0v) is 15.7. The third-order valence-electron chi connectivity index (χ3n) is 8.24. The molecular weight excluding hydrogens is 399 g/mol. The molecule has 5 fully saturated rings. The molecule has 3 saturated carbocycles. The van der Waals surface area contributed by atoms with Crippen LogP contribution in [0.1, 0.15) is 25.7 Å². The lowest BCUT2D eigenvalue weighted by Crippen LogP contribution is -2.61. The minimum atomic E-state index is -5.41. The van der Waals surface area contributed by atoms with E-state index in [2.05, 4.69) is 12.2 Å². The second-order valence-electron chi connectivity index (χ2n) is 9.56. The van der Waals surface area contributed by atoms with E-state index in [1.54, 1.807) is 0 Å². The zero-order chi connectivity index (χ0) is 20.2. The first-order chi connectivity index (χ1) is 13.7. The fourth-order valence-corrected chi connectivity index (χ4v) is 7.52. The smallest absolute Gasteiger partial charge is 0.374 e. The van der Waals surface area contributed by atoms with Crippen molar-refractivity contribution in [3.63, 3.8) is 0 Å². The third-order valence-corrected chi connectivity index (χ3v) is 8.24. The Hall–Kier alpha value is -0.770. The van der Waals surface area contributed by atoms with Gasteiger partial charge in [-0.05, 0) is 54.8 Å². The molecule has 162 valence electrons. The molecule has 0 aromatic heterocycles. The first-order valence-corrected chi connectivity index (χ1v) is 10.4. The van der Waals surface area contributed by atoms with Crippen molar-refractivity contribution < 1.29 is 40.9 Å². The van der Waals surface area contributed by atoms with E-state index in [-0.39, 0.29) is 49.9 Å². The average Bonchev–Trinajstić information content (AvgIpc) is 3.41. The van der Waals surface area contributed by atoms with Gasteiger partial charge in [0.2, 0.25) is 0 Å². The molecule has 0 amide bonds. The van der Waals surface area contributed by atoms with E-state index in [0.29, 0.717) is 18.3 Å². The molecule has 0 aromatic carbocycles. The van der Waals surface area contributed by atoms with Crippen LogP contribution in [0.2, 0.25) is 0 Å². The van der Waals surface area contributed by atoms with Crippen molar-refractivity contribution in [1.29, 1.82) is 0 Å². The Morgan fingerprint density at radius 1 is 1.00 bits per heavy atom. The second-order valence-corrected chi connectivity index (χ2v) is 9.56. The van der Waals surface area contributed by atoms with Crippen LogP contribution in [0.4, 0.5) is 22.0 Å². The quantitative estimate of drug-likeness (QED) is 0.384. The van der Waals surface area contributed by atoms with Crippen molar-refractivity contribution in [3.8, 4) is 0 Å². The van der Waals surface area contributed by atoms with Gasteiger partial charge in [0.15, 0.2) is 6.29 Å². The molecule has 4 nitrogen and oxygen atoms in total. The van der Waals surface area contributed by atoms with Crippen LogP contribution in [0.25, 0.3) is 0 Å². The molecular formula is C20H23F5O4. The second kappa shape index (κ2) is 5.72. The Morgan fingerprint density at radius 2 is 1.76 bits per heavy atom. The SMILES string of the molecule is FC(F)(F)C1(OC2COCCO2)OC2(CC3CC2C2C4C=CC(C4)C32)CC1(F)F. The van der Waals surface area contributed by atoms with E-state index in [1.165, 1.54) is 0 Å². The lowest BCUT2D eigenvalue weighted by atomic mass is 9.66. The summed E-state index contributed by atoms with van der Waals surface area (Å²) >= 11 is 0. The molecule has 0 aromatic rings. The summed E-state index contributed by atoms with van der Waals surface area (Å²) in [5, 5.41) is 0. The number of ether oxygens (including phenoxy) is 4. The predicted molar refractivity (Wildman–Crippen MR) is 87.7 cm³/mol. The standard InChI is InChI=1S/C20H23F5O4/c21-18(22)9-17(7-12-6-13(17)16-11-2-1-10(5-11)15(12)16)29-19(18,20(23,24)25)28-14-8-26-3-4-27-14/h1-2,10-16H,3-9H2. The number of fused-ring (bicyclic) bond motifs is 10. The van der Waals surface area contributed by atoms with Crippen LogP contribution < -0.4 is 0 Å². The molecule has 6 rings (SSSR count). The van der Waals surface area contributed by atoms with Crippen molar-refractivity contribution in [3.05, 3.63) is 12.2 Å². The van der Waals surface area contributed by atoms with Crippen LogP contribution >= 0.6 is 0 Å². The Labute approximate surface area is 164 Å². The van der Waals surface area contributed by atoms with Crippen molar-refractivity contribution in [2.45, 2.75) is 55.5 Å². The molecule has 9 unspecified atom stereocenters. The van der Waals surface area contributed by atoms with Crippen LogP contribution in [-0.2, 0) is 18.9 Å². The number of allylic oxidation sites excluding steroid dienone is 2. The maximum absolute atomic E-state index is 15.2. The average molecular weight is 422 g/mol. The Morgan fingerprint density at radius 3 is 2.45 bits per heavy atom. The molecule has 29 heavy (non-hydrogen) atoms. The molecule has 2 saturated heterocycles. The number of alkyl halides is 5. The van der Waals surface area contributed by atoms with Crippen molar-refractivity contribution in [1.82, 2.24) is 0 Å². The van der Waals surface area contributed by atoms with Gasteiger partial charge in [-0.25, -0.2) is 8.78 Å². The van der Waals surface area contributed by atoms with Crippen LogP contribution in [0.5, 0.6) is 0 Å². The summed E-state index contributed by atoms with van der Waals surface area (Å²) in [6.45, 7) is -0.169. The summed E-state index contributed by atoms with van der Waals surface area (Å²) in [5.41, 5.74) is -1.50. The highest BCUT2D eigenvalue weighted by molar-refractivity contribution is 5.26. The van der Waals surface area contributed by atoms with Crippen LogP contribution in [0, 0.1) is 35.5 Å². The summed E-state index contributed by atoms with van der Waals surface area (Å²) < 4.78 is 93.3. The first kappa shape index (κ1) is 19.0. The minimum Gasteiger partial charge on any atom is -0.374 e. The van der Waals surface area contributed by atoms with Crippen LogP contribution in [0.15, 0.2) is 12.2 Å². The van der Waals surface area contributed by atoms with Crippen LogP contribution in [-0.4, -0.2) is 49.6 Å². The minimum absolute atomic E-state index is 0.0147. The topological polar surface area (TPSA) is 36.9 Å². The van der Waals surface area contributed by atoms with Crippen molar-refractivity contribution >= 4 is 0 Å². The molecule has 1 spiro atoms. The number of rotatable bonds is 2. The summed E-state index contributed by atoms with van der Waals surface area (Å²) in [4.78, 5) is 0. The Balaban J connectivity index is 1.35. The fourth-order valence-electron chi connectivity index (χ4n) is 7.52. The molecule has 0 radical (unpaired) electrons. The normalized spacial score (nSPS) is 54.6. The summed E-state index contributed by atoms with van der Waals surface area (Å²) in [6.07, 6.45) is -1.69. The predicted octanol–water partition coefficient (Wildman–Crippen LogP) is 3.91. The van der Waals surface area contributed by atoms with Crippen LogP contribution in [0.3, 0.4) is 0 Å². The summed E-state index contributed by atoms with van der Waals surface area (Å²) in [6, 6.07) is 0. The molecule has 6 aliphatic rings. The van der Waals surface area contributed by atoms with E-state index >= 15 is 8.78 Å². The molecule has 0 N–H and O–H groups in total. The number of hydrogen-bond donors (Lipinski definition) is 0. The Kier molecular flexibility index (Phi) is 3.74. The van der Waals surface area contributed by atoms with E-state index in [4.69, 9.17) is 18.9 Å². The highest BCUT2D eigenvalue weighted by Crippen LogP contribution is 2.73. The summed E-state index contributed by atoms with van der Waals surface area (Å²) in [5.74, 6) is -7.12. The van der Waals surface area contributed by atoms with E-state index < -0.39 is 36.2 Å².